The Kier molecular flexibility index (Phi) is 3.55. The highest BCUT2D eigenvalue weighted by atomic mass is 14.9. The van der Waals surface area contributed by atoms with Crippen LogP contribution in [0.2, 0.25) is 0 Å². The van der Waals surface area contributed by atoms with Crippen molar-refractivity contribution in [3.05, 3.63) is 12.7 Å². The monoisotopic (exact) mass is 181 g/mol. The zero-order chi connectivity index (χ0) is 9.90. The number of hydrogen-bond acceptors (Lipinski definition) is 1. The molecule has 0 amide bonds. The first-order chi connectivity index (χ1) is 6.05. The van der Waals surface area contributed by atoms with E-state index < -0.39 is 0 Å². The SMILES string of the molecule is C=CCCNC1CC(C)(C)CC1C. The van der Waals surface area contributed by atoms with Crippen LogP contribution in [0.25, 0.3) is 0 Å². The largest absolute Gasteiger partial charge is 0.313 e. The fourth-order valence-electron chi connectivity index (χ4n) is 2.54. The summed E-state index contributed by atoms with van der Waals surface area (Å²) in [4.78, 5) is 0. The van der Waals surface area contributed by atoms with Crippen molar-refractivity contribution >= 4 is 0 Å². The van der Waals surface area contributed by atoms with E-state index in [0.29, 0.717) is 5.41 Å². The molecular weight excluding hydrogens is 158 g/mol. The first-order valence-electron chi connectivity index (χ1n) is 5.39. The maximum atomic E-state index is 3.73. The van der Waals surface area contributed by atoms with Crippen LogP contribution in [0.4, 0.5) is 0 Å². The lowest BCUT2D eigenvalue weighted by Crippen LogP contribution is -2.32. The third-order valence-electron chi connectivity index (χ3n) is 3.09. The van der Waals surface area contributed by atoms with Gasteiger partial charge in [-0.2, -0.15) is 0 Å². The first kappa shape index (κ1) is 10.8. The maximum Gasteiger partial charge on any atom is 0.00980 e. The van der Waals surface area contributed by atoms with Crippen LogP contribution in [0.15, 0.2) is 12.7 Å². The average Bonchev–Trinajstić information content (AvgIpc) is 2.25. The molecule has 0 radical (unpaired) electrons. The van der Waals surface area contributed by atoms with Gasteiger partial charge in [-0.1, -0.05) is 26.8 Å². The molecule has 0 aromatic carbocycles. The van der Waals surface area contributed by atoms with E-state index in [0.717, 1.165) is 24.9 Å². The van der Waals surface area contributed by atoms with Crippen LogP contribution < -0.4 is 5.32 Å². The Bertz CT molecular complexity index is 172. The van der Waals surface area contributed by atoms with Gasteiger partial charge in [-0.05, 0) is 37.1 Å². The first-order valence-corrected chi connectivity index (χ1v) is 5.39. The van der Waals surface area contributed by atoms with Crippen molar-refractivity contribution in [2.24, 2.45) is 11.3 Å². The molecule has 1 fully saturated rings. The Morgan fingerprint density at radius 3 is 2.62 bits per heavy atom. The van der Waals surface area contributed by atoms with E-state index in [-0.39, 0.29) is 0 Å². The Balaban J connectivity index is 2.31. The summed E-state index contributed by atoms with van der Waals surface area (Å²) in [7, 11) is 0. The standard InChI is InChI=1S/C12H23N/c1-5-6-7-13-11-9-12(3,4)8-10(11)2/h5,10-11,13H,1,6-9H2,2-4H3. The summed E-state index contributed by atoms with van der Waals surface area (Å²) in [5, 5.41) is 3.62. The van der Waals surface area contributed by atoms with Gasteiger partial charge in [-0.3, -0.25) is 0 Å². The van der Waals surface area contributed by atoms with Crippen molar-refractivity contribution in [3.8, 4) is 0 Å². The predicted molar refractivity (Wildman–Crippen MR) is 58.8 cm³/mol. The predicted octanol–water partition coefficient (Wildman–Crippen LogP) is 2.98. The van der Waals surface area contributed by atoms with Gasteiger partial charge in [0.05, 0.1) is 0 Å². The summed E-state index contributed by atoms with van der Waals surface area (Å²) in [5.41, 5.74) is 0.547. The van der Waals surface area contributed by atoms with Crippen molar-refractivity contribution in [1.29, 1.82) is 0 Å². The molecule has 0 heterocycles. The molecule has 1 aliphatic rings. The van der Waals surface area contributed by atoms with Crippen molar-refractivity contribution in [3.63, 3.8) is 0 Å². The molecule has 1 rings (SSSR count). The van der Waals surface area contributed by atoms with Gasteiger partial charge >= 0.3 is 0 Å². The van der Waals surface area contributed by atoms with Gasteiger partial charge in [-0.15, -0.1) is 6.58 Å². The van der Waals surface area contributed by atoms with Crippen molar-refractivity contribution in [2.75, 3.05) is 6.54 Å². The van der Waals surface area contributed by atoms with E-state index in [9.17, 15) is 0 Å². The van der Waals surface area contributed by atoms with Gasteiger partial charge in [-0.25, -0.2) is 0 Å². The highest BCUT2D eigenvalue weighted by Gasteiger charge is 2.35. The van der Waals surface area contributed by atoms with Gasteiger partial charge in [0, 0.05) is 6.04 Å². The second-order valence-electron chi connectivity index (χ2n) is 5.19. The van der Waals surface area contributed by atoms with E-state index in [2.05, 4.69) is 32.7 Å². The molecule has 0 spiro atoms. The molecule has 76 valence electrons. The van der Waals surface area contributed by atoms with Gasteiger partial charge in [0.15, 0.2) is 0 Å². The molecule has 1 heteroatoms. The van der Waals surface area contributed by atoms with E-state index in [1.165, 1.54) is 12.8 Å². The van der Waals surface area contributed by atoms with Crippen molar-refractivity contribution in [2.45, 2.75) is 46.1 Å². The Hall–Kier alpha value is -0.300. The van der Waals surface area contributed by atoms with Gasteiger partial charge < -0.3 is 5.32 Å². The lowest BCUT2D eigenvalue weighted by molar-refractivity contribution is 0.362. The van der Waals surface area contributed by atoms with E-state index in [1.54, 1.807) is 0 Å². The minimum Gasteiger partial charge on any atom is -0.313 e. The second-order valence-corrected chi connectivity index (χ2v) is 5.19. The van der Waals surface area contributed by atoms with Crippen LogP contribution in [0.1, 0.15) is 40.0 Å². The molecule has 0 aromatic rings. The number of rotatable bonds is 4. The zero-order valence-corrected chi connectivity index (χ0v) is 9.27. The summed E-state index contributed by atoms with van der Waals surface area (Å²) < 4.78 is 0. The van der Waals surface area contributed by atoms with Crippen molar-refractivity contribution < 1.29 is 0 Å². The lowest BCUT2D eigenvalue weighted by atomic mass is 9.91. The molecule has 0 bridgehead atoms. The Morgan fingerprint density at radius 2 is 2.15 bits per heavy atom. The molecule has 2 unspecified atom stereocenters. The minimum absolute atomic E-state index is 0.547. The molecule has 1 saturated carbocycles. The molecular formula is C12H23N. The maximum absolute atomic E-state index is 3.73. The molecule has 0 aromatic heterocycles. The van der Waals surface area contributed by atoms with E-state index in [4.69, 9.17) is 0 Å². The second kappa shape index (κ2) is 4.28. The number of hydrogen-bond donors (Lipinski definition) is 1. The number of nitrogens with one attached hydrogen (secondary N) is 1. The summed E-state index contributed by atoms with van der Waals surface area (Å²) >= 11 is 0. The van der Waals surface area contributed by atoms with Gasteiger partial charge in [0.25, 0.3) is 0 Å². The van der Waals surface area contributed by atoms with Crippen LogP contribution in [0, 0.1) is 11.3 Å². The molecule has 1 nitrogen and oxygen atoms in total. The van der Waals surface area contributed by atoms with Crippen LogP contribution in [0.3, 0.4) is 0 Å². The fourth-order valence-corrected chi connectivity index (χ4v) is 2.54. The molecule has 1 N–H and O–H groups in total. The highest BCUT2D eigenvalue weighted by molar-refractivity contribution is 4.91. The van der Waals surface area contributed by atoms with Crippen LogP contribution in [-0.2, 0) is 0 Å². The van der Waals surface area contributed by atoms with Crippen LogP contribution >= 0.6 is 0 Å². The Morgan fingerprint density at radius 1 is 1.46 bits per heavy atom. The third-order valence-corrected chi connectivity index (χ3v) is 3.09. The molecule has 0 saturated heterocycles. The third kappa shape index (κ3) is 3.15. The summed E-state index contributed by atoms with van der Waals surface area (Å²) in [5.74, 6) is 0.833. The van der Waals surface area contributed by atoms with Gasteiger partial charge in [0.1, 0.15) is 0 Å². The summed E-state index contributed by atoms with van der Waals surface area (Å²) in [6, 6.07) is 0.731. The fraction of sp³-hybridized carbons (Fsp3) is 0.833. The molecule has 2 atom stereocenters. The zero-order valence-electron chi connectivity index (χ0n) is 9.27. The minimum atomic E-state index is 0.547. The quantitative estimate of drug-likeness (QED) is 0.519. The normalized spacial score (nSPS) is 31.9. The smallest absolute Gasteiger partial charge is 0.00980 e. The molecule has 1 aliphatic carbocycles. The van der Waals surface area contributed by atoms with E-state index >= 15 is 0 Å². The van der Waals surface area contributed by atoms with Crippen LogP contribution in [-0.4, -0.2) is 12.6 Å². The lowest BCUT2D eigenvalue weighted by Gasteiger charge is -2.18. The molecule has 13 heavy (non-hydrogen) atoms. The average molecular weight is 181 g/mol. The molecule has 0 aliphatic heterocycles. The highest BCUT2D eigenvalue weighted by Crippen LogP contribution is 2.40. The topological polar surface area (TPSA) is 12.0 Å². The van der Waals surface area contributed by atoms with Gasteiger partial charge in [0.2, 0.25) is 0 Å². The summed E-state index contributed by atoms with van der Waals surface area (Å²) in [6.45, 7) is 11.9. The van der Waals surface area contributed by atoms with E-state index in [1.807, 2.05) is 6.08 Å². The Labute approximate surface area is 82.6 Å². The van der Waals surface area contributed by atoms with Crippen molar-refractivity contribution in [1.82, 2.24) is 5.32 Å². The van der Waals surface area contributed by atoms with Crippen LogP contribution in [0.5, 0.6) is 0 Å². The summed E-state index contributed by atoms with van der Waals surface area (Å²) in [6.07, 6.45) is 5.76.